The molecule has 1 heterocycles. The zero-order valence-electron chi connectivity index (χ0n) is 9.28. The number of carbonyl (C=O) groups is 1. The van der Waals surface area contributed by atoms with Crippen LogP contribution in [-0.2, 0) is 4.79 Å². The van der Waals surface area contributed by atoms with E-state index in [4.69, 9.17) is 5.11 Å². The average molecular weight is 209 g/mol. The summed E-state index contributed by atoms with van der Waals surface area (Å²) >= 11 is 0. The Labute approximate surface area is 90.8 Å². The molecule has 2 bridgehead atoms. The molecule has 1 saturated heterocycles. The van der Waals surface area contributed by atoms with E-state index in [0.29, 0.717) is 12.0 Å². The molecule has 1 aliphatic carbocycles. The molecule has 15 heavy (non-hydrogen) atoms. The standard InChI is InChI=1S/C12H19NO2/c1-2-10(12(14)15)5-6-13-8-9-3-4-11(13)7-9/h5,9,11H,2-4,6-8H2,1H3,(H,14,15). The first-order valence-corrected chi connectivity index (χ1v) is 5.87. The van der Waals surface area contributed by atoms with Crippen LogP contribution >= 0.6 is 0 Å². The largest absolute Gasteiger partial charge is 0.478 e. The predicted octanol–water partition coefficient (Wildman–Crippen LogP) is 1.89. The van der Waals surface area contributed by atoms with Crippen molar-refractivity contribution in [2.24, 2.45) is 5.92 Å². The Balaban J connectivity index is 1.90. The van der Waals surface area contributed by atoms with Crippen LogP contribution in [-0.4, -0.2) is 35.1 Å². The summed E-state index contributed by atoms with van der Waals surface area (Å²) in [4.78, 5) is 13.2. The smallest absolute Gasteiger partial charge is 0.331 e. The molecule has 2 atom stereocenters. The average Bonchev–Trinajstić information content (AvgIpc) is 2.79. The fourth-order valence-electron chi connectivity index (χ4n) is 2.86. The number of hydrogen-bond donors (Lipinski definition) is 1. The minimum absolute atomic E-state index is 0.553. The van der Waals surface area contributed by atoms with Crippen molar-refractivity contribution in [1.82, 2.24) is 4.90 Å². The summed E-state index contributed by atoms with van der Waals surface area (Å²) in [6.45, 7) is 3.91. The Morgan fingerprint density at radius 2 is 2.33 bits per heavy atom. The summed E-state index contributed by atoms with van der Waals surface area (Å²) in [5.41, 5.74) is 0.553. The van der Waals surface area contributed by atoms with Crippen LogP contribution in [0.2, 0.25) is 0 Å². The first-order valence-electron chi connectivity index (χ1n) is 5.87. The highest BCUT2D eigenvalue weighted by Gasteiger charge is 2.36. The first kappa shape index (κ1) is 10.7. The van der Waals surface area contributed by atoms with Crippen molar-refractivity contribution in [2.45, 2.75) is 38.6 Å². The van der Waals surface area contributed by atoms with Crippen molar-refractivity contribution < 1.29 is 9.90 Å². The molecule has 3 heteroatoms. The lowest BCUT2D eigenvalue weighted by atomic mass is 10.1. The normalized spacial score (nSPS) is 31.1. The van der Waals surface area contributed by atoms with Gasteiger partial charge in [0.15, 0.2) is 0 Å². The van der Waals surface area contributed by atoms with E-state index in [9.17, 15) is 4.79 Å². The summed E-state index contributed by atoms with van der Waals surface area (Å²) in [5, 5.41) is 8.89. The summed E-state index contributed by atoms with van der Waals surface area (Å²) < 4.78 is 0. The van der Waals surface area contributed by atoms with E-state index < -0.39 is 5.97 Å². The van der Waals surface area contributed by atoms with Gasteiger partial charge in [-0.15, -0.1) is 0 Å². The van der Waals surface area contributed by atoms with Gasteiger partial charge in [-0.3, -0.25) is 4.90 Å². The Bertz CT molecular complexity index is 285. The Hall–Kier alpha value is -0.830. The molecule has 2 unspecified atom stereocenters. The summed E-state index contributed by atoms with van der Waals surface area (Å²) in [6, 6.07) is 0.734. The molecular weight excluding hydrogens is 190 g/mol. The second kappa shape index (κ2) is 4.35. The molecule has 2 fully saturated rings. The quantitative estimate of drug-likeness (QED) is 0.719. The molecule has 0 spiro atoms. The Kier molecular flexibility index (Phi) is 3.10. The van der Waals surface area contributed by atoms with E-state index in [1.165, 1.54) is 25.8 Å². The molecule has 1 saturated carbocycles. The number of piperidine rings is 1. The maximum atomic E-state index is 10.8. The highest BCUT2D eigenvalue weighted by Crippen LogP contribution is 2.37. The third-order valence-corrected chi connectivity index (χ3v) is 3.75. The minimum atomic E-state index is -0.762. The Morgan fingerprint density at radius 3 is 2.80 bits per heavy atom. The van der Waals surface area contributed by atoms with Crippen LogP contribution < -0.4 is 0 Å². The van der Waals surface area contributed by atoms with E-state index in [-0.39, 0.29) is 0 Å². The highest BCUT2D eigenvalue weighted by molar-refractivity contribution is 5.86. The Morgan fingerprint density at radius 1 is 1.53 bits per heavy atom. The highest BCUT2D eigenvalue weighted by atomic mass is 16.4. The molecule has 0 amide bonds. The lowest BCUT2D eigenvalue weighted by Gasteiger charge is -2.25. The number of nitrogens with zero attached hydrogens (tertiary/aromatic N) is 1. The first-order chi connectivity index (χ1) is 7.20. The molecule has 0 aromatic heterocycles. The van der Waals surface area contributed by atoms with Crippen molar-refractivity contribution in [3.8, 4) is 0 Å². The summed E-state index contributed by atoms with van der Waals surface area (Å²) in [5.74, 6) is 0.125. The maximum Gasteiger partial charge on any atom is 0.331 e. The van der Waals surface area contributed by atoms with Crippen LogP contribution in [0.1, 0.15) is 32.6 Å². The SMILES string of the molecule is CCC(=CCN1CC2CCC1C2)C(=O)O. The van der Waals surface area contributed by atoms with Crippen molar-refractivity contribution >= 4 is 5.97 Å². The van der Waals surface area contributed by atoms with E-state index in [1.54, 1.807) is 0 Å². The van der Waals surface area contributed by atoms with Crippen molar-refractivity contribution in [1.29, 1.82) is 0 Å². The zero-order valence-corrected chi connectivity index (χ0v) is 9.28. The second-order valence-corrected chi connectivity index (χ2v) is 4.67. The van der Waals surface area contributed by atoms with Gasteiger partial charge in [0.2, 0.25) is 0 Å². The molecule has 2 rings (SSSR count). The lowest BCUT2D eigenvalue weighted by molar-refractivity contribution is -0.132. The predicted molar refractivity (Wildman–Crippen MR) is 58.7 cm³/mol. The van der Waals surface area contributed by atoms with E-state index in [0.717, 1.165) is 18.5 Å². The number of carboxylic acid groups (broad SMARTS) is 1. The number of hydrogen-bond acceptors (Lipinski definition) is 2. The molecular formula is C12H19NO2. The van der Waals surface area contributed by atoms with Gasteiger partial charge in [0.05, 0.1) is 0 Å². The van der Waals surface area contributed by atoms with Gasteiger partial charge >= 0.3 is 5.97 Å². The third-order valence-electron chi connectivity index (χ3n) is 3.75. The molecule has 0 aromatic carbocycles. The molecule has 0 radical (unpaired) electrons. The fourth-order valence-corrected chi connectivity index (χ4v) is 2.86. The number of carboxylic acids is 1. The van der Waals surface area contributed by atoms with Gasteiger partial charge in [0, 0.05) is 24.7 Å². The van der Waals surface area contributed by atoms with Crippen LogP contribution in [0.3, 0.4) is 0 Å². The zero-order chi connectivity index (χ0) is 10.8. The molecule has 0 aromatic rings. The number of aliphatic carboxylic acids is 1. The molecule has 2 aliphatic rings. The third kappa shape index (κ3) is 2.23. The number of rotatable bonds is 4. The van der Waals surface area contributed by atoms with Gasteiger partial charge in [-0.2, -0.15) is 0 Å². The van der Waals surface area contributed by atoms with E-state index in [2.05, 4.69) is 4.90 Å². The van der Waals surface area contributed by atoms with Crippen LogP contribution in [0.15, 0.2) is 11.6 Å². The lowest BCUT2D eigenvalue weighted by Crippen LogP contribution is -2.32. The van der Waals surface area contributed by atoms with Gasteiger partial charge in [-0.05, 0) is 31.6 Å². The minimum Gasteiger partial charge on any atom is -0.478 e. The molecule has 1 aliphatic heterocycles. The van der Waals surface area contributed by atoms with Crippen LogP contribution in [0.5, 0.6) is 0 Å². The van der Waals surface area contributed by atoms with Crippen LogP contribution in [0, 0.1) is 5.92 Å². The topological polar surface area (TPSA) is 40.5 Å². The van der Waals surface area contributed by atoms with Crippen molar-refractivity contribution in [3.63, 3.8) is 0 Å². The van der Waals surface area contributed by atoms with Crippen molar-refractivity contribution in [2.75, 3.05) is 13.1 Å². The number of fused-ring (bicyclic) bond motifs is 2. The van der Waals surface area contributed by atoms with Crippen LogP contribution in [0.25, 0.3) is 0 Å². The summed E-state index contributed by atoms with van der Waals surface area (Å²) in [6.07, 6.45) is 6.54. The summed E-state index contributed by atoms with van der Waals surface area (Å²) in [7, 11) is 0. The van der Waals surface area contributed by atoms with Gasteiger partial charge in [-0.1, -0.05) is 13.0 Å². The van der Waals surface area contributed by atoms with Gasteiger partial charge < -0.3 is 5.11 Å². The van der Waals surface area contributed by atoms with E-state index >= 15 is 0 Å². The maximum absolute atomic E-state index is 10.8. The van der Waals surface area contributed by atoms with Gasteiger partial charge in [0.25, 0.3) is 0 Å². The number of likely N-dealkylation sites (tertiary alicyclic amines) is 1. The van der Waals surface area contributed by atoms with Gasteiger partial charge in [-0.25, -0.2) is 4.79 Å². The molecule has 1 N–H and O–H groups in total. The second-order valence-electron chi connectivity index (χ2n) is 4.67. The molecule has 3 nitrogen and oxygen atoms in total. The van der Waals surface area contributed by atoms with Crippen molar-refractivity contribution in [3.05, 3.63) is 11.6 Å². The van der Waals surface area contributed by atoms with E-state index in [1.807, 2.05) is 13.0 Å². The van der Waals surface area contributed by atoms with Crippen LogP contribution in [0.4, 0.5) is 0 Å². The van der Waals surface area contributed by atoms with Gasteiger partial charge in [0.1, 0.15) is 0 Å². The fraction of sp³-hybridized carbons (Fsp3) is 0.750. The molecule has 84 valence electrons. The monoisotopic (exact) mass is 209 g/mol.